The fraction of sp³-hybridized carbons (Fsp3) is 0.381. The lowest BCUT2D eigenvalue weighted by Crippen LogP contribution is -2.29. The summed E-state index contributed by atoms with van der Waals surface area (Å²) in [5.74, 6) is 0.372. The Labute approximate surface area is 166 Å². The lowest BCUT2D eigenvalue weighted by atomic mass is 10.0. The Morgan fingerprint density at radius 3 is 2.50 bits per heavy atom. The maximum atomic E-state index is 12.9. The van der Waals surface area contributed by atoms with E-state index in [1.165, 1.54) is 12.1 Å². The van der Waals surface area contributed by atoms with Crippen LogP contribution in [0.4, 0.5) is 0 Å². The number of sulfonamides is 1. The number of carbonyl (C=O) groups is 1. The molecule has 0 heterocycles. The standard InChI is InChI=1S/C21H26N2O4S/c1-13-5-10-20(27-4)19(11-13)15(3)22-21(24)18-12-17(9-6-14(18)2)28(25,26)23-16-7-8-16/h5-6,9-12,15-16,23H,7-8H2,1-4H3,(H,22,24). The molecule has 6 nitrogen and oxygen atoms in total. The summed E-state index contributed by atoms with van der Waals surface area (Å²) in [4.78, 5) is 13.0. The van der Waals surface area contributed by atoms with Crippen LogP contribution in [0.25, 0.3) is 0 Å². The Hall–Kier alpha value is -2.38. The van der Waals surface area contributed by atoms with Crippen LogP contribution in [0.1, 0.15) is 52.9 Å². The molecule has 0 aliphatic heterocycles. The molecule has 1 saturated carbocycles. The summed E-state index contributed by atoms with van der Waals surface area (Å²) in [7, 11) is -2.03. The van der Waals surface area contributed by atoms with E-state index >= 15 is 0 Å². The Morgan fingerprint density at radius 1 is 1.14 bits per heavy atom. The van der Waals surface area contributed by atoms with Crippen molar-refractivity contribution in [1.82, 2.24) is 10.0 Å². The number of rotatable bonds is 7. The first kappa shape index (κ1) is 20.4. The second-order valence-electron chi connectivity index (χ2n) is 7.31. The first-order valence-corrected chi connectivity index (χ1v) is 10.8. The molecule has 0 spiro atoms. The van der Waals surface area contributed by atoms with Gasteiger partial charge in [0.2, 0.25) is 10.0 Å². The molecule has 2 aromatic carbocycles. The molecule has 1 aliphatic rings. The maximum absolute atomic E-state index is 12.9. The molecule has 1 aliphatic carbocycles. The first-order chi connectivity index (χ1) is 13.2. The zero-order chi connectivity index (χ0) is 20.5. The summed E-state index contributed by atoms with van der Waals surface area (Å²) in [6.45, 7) is 5.64. The van der Waals surface area contributed by atoms with Crippen molar-refractivity contribution in [3.8, 4) is 5.75 Å². The predicted octanol–water partition coefficient (Wildman–Crippen LogP) is 3.24. The van der Waals surface area contributed by atoms with Crippen molar-refractivity contribution in [3.63, 3.8) is 0 Å². The SMILES string of the molecule is COc1ccc(C)cc1C(C)NC(=O)c1cc(S(=O)(=O)NC2CC2)ccc1C. The molecule has 0 aromatic heterocycles. The van der Waals surface area contributed by atoms with E-state index < -0.39 is 10.0 Å². The third-order valence-corrected chi connectivity index (χ3v) is 6.38. The monoisotopic (exact) mass is 402 g/mol. The van der Waals surface area contributed by atoms with E-state index in [4.69, 9.17) is 4.74 Å². The Balaban J connectivity index is 1.84. The minimum absolute atomic E-state index is 0.0115. The molecular formula is C21H26N2O4S. The van der Waals surface area contributed by atoms with Crippen LogP contribution in [0.2, 0.25) is 0 Å². The third-order valence-electron chi connectivity index (χ3n) is 4.86. The molecule has 1 amide bonds. The van der Waals surface area contributed by atoms with Crippen molar-refractivity contribution in [1.29, 1.82) is 0 Å². The Morgan fingerprint density at radius 2 is 1.86 bits per heavy atom. The van der Waals surface area contributed by atoms with Crippen LogP contribution in [0.15, 0.2) is 41.3 Å². The Kier molecular flexibility index (Phi) is 5.76. The number of amides is 1. The highest BCUT2D eigenvalue weighted by Gasteiger charge is 2.28. The van der Waals surface area contributed by atoms with Gasteiger partial charge in [0.25, 0.3) is 5.91 Å². The second kappa shape index (κ2) is 7.93. The first-order valence-electron chi connectivity index (χ1n) is 9.29. The van der Waals surface area contributed by atoms with E-state index in [1.54, 1.807) is 20.1 Å². The van der Waals surface area contributed by atoms with Gasteiger partial charge in [-0.2, -0.15) is 0 Å². The maximum Gasteiger partial charge on any atom is 0.252 e. The zero-order valence-corrected chi connectivity index (χ0v) is 17.4. The Bertz CT molecular complexity index is 997. The molecule has 3 rings (SSSR count). The van der Waals surface area contributed by atoms with Gasteiger partial charge in [-0.1, -0.05) is 23.8 Å². The van der Waals surface area contributed by atoms with E-state index in [0.29, 0.717) is 16.9 Å². The second-order valence-corrected chi connectivity index (χ2v) is 9.03. The summed E-state index contributed by atoms with van der Waals surface area (Å²) >= 11 is 0. The van der Waals surface area contributed by atoms with E-state index in [0.717, 1.165) is 24.0 Å². The van der Waals surface area contributed by atoms with Gasteiger partial charge >= 0.3 is 0 Å². The molecular weight excluding hydrogens is 376 g/mol. The molecule has 7 heteroatoms. The van der Waals surface area contributed by atoms with Gasteiger partial charge in [0.15, 0.2) is 0 Å². The number of methoxy groups -OCH3 is 1. The van der Waals surface area contributed by atoms with Crippen molar-refractivity contribution in [2.45, 2.75) is 50.6 Å². The van der Waals surface area contributed by atoms with Crippen LogP contribution in [-0.2, 0) is 10.0 Å². The highest BCUT2D eigenvalue weighted by Crippen LogP contribution is 2.27. The van der Waals surface area contributed by atoms with E-state index in [-0.39, 0.29) is 22.9 Å². The molecule has 1 unspecified atom stereocenters. The number of aryl methyl sites for hydroxylation is 2. The van der Waals surface area contributed by atoms with Crippen LogP contribution < -0.4 is 14.8 Å². The zero-order valence-electron chi connectivity index (χ0n) is 16.6. The summed E-state index contributed by atoms with van der Waals surface area (Å²) in [5, 5.41) is 2.95. The molecule has 1 fully saturated rings. The fourth-order valence-corrected chi connectivity index (χ4v) is 4.38. The van der Waals surface area contributed by atoms with Crippen LogP contribution in [0, 0.1) is 13.8 Å². The number of nitrogens with one attached hydrogen (secondary N) is 2. The quantitative estimate of drug-likeness (QED) is 0.745. The van der Waals surface area contributed by atoms with Crippen LogP contribution in [0.5, 0.6) is 5.75 Å². The molecule has 28 heavy (non-hydrogen) atoms. The molecule has 2 aromatic rings. The predicted molar refractivity (Wildman–Crippen MR) is 108 cm³/mol. The molecule has 0 saturated heterocycles. The van der Waals surface area contributed by atoms with E-state index in [2.05, 4.69) is 10.0 Å². The minimum atomic E-state index is -3.62. The lowest BCUT2D eigenvalue weighted by Gasteiger charge is -2.19. The van der Waals surface area contributed by atoms with E-state index in [9.17, 15) is 13.2 Å². The van der Waals surface area contributed by atoms with Gasteiger partial charge in [-0.25, -0.2) is 13.1 Å². The third kappa shape index (κ3) is 4.54. The largest absolute Gasteiger partial charge is 0.496 e. The molecule has 150 valence electrons. The van der Waals surface area contributed by atoms with Gasteiger partial charge in [0.05, 0.1) is 18.0 Å². The summed E-state index contributed by atoms with van der Waals surface area (Å²) in [5.41, 5.74) is 2.99. The average Bonchev–Trinajstić information content (AvgIpc) is 3.45. The minimum Gasteiger partial charge on any atom is -0.496 e. The molecule has 0 radical (unpaired) electrons. The van der Waals surface area contributed by atoms with Gasteiger partial charge in [0, 0.05) is 17.2 Å². The van der Waals surface area contributed by atoms with Crippen molar-refractivity contribution in [3.05, 3.63) is 58.7 Å². The molecule has 2 N–H and O–H groups in total. The number of benzene rings is 2. The van der Waals surface area contributed by atoms with Gasteiger partial charge in [-0.05, 0) is 57.4 Å². The van der Waals surface area contributed by atoms with Crippen molar-refractivity contribution in [2.75, 3.05) is 7.11 Å². The highest BCUT2D eigenvalue weighted by molar-refractivity contribution is 7.89. The molecule has 0 bridgehead atoms. The smallest absolute Gasteiger partial charge is 0.252 e. The summed E-state index contributed by atoms with van der Waals surface area (Å²) in [6.07, 6.45) is 1.71. The summed E-state index contributed by atoms with van der Waals surface area (Å²) < 4.78 is 33.0. The van der Waals surface area contributed by atoms with Crippen LogP contribution >= 0.6 is 0 Å². The number of ether oxygens (including phenoxy) is 1. The van der Waals surface area contributed by atoms with E-state index in [1.807, 2.05) is 32.0 Å². The lowest BCUT2D eigenvalue weighted by molar-refractivity contribution is 0.0938. The topological polar surface area (TPSA) is 84.5 Å². The highest BCUT2D eigenvalue weighted by atomic mass is 32.2. The van der Waals surface area contributed by atoms with Crippen LogP contribution in [-0.4, -0.2) is 27.5 Å². The van der Waals surface area contributed by atoms with Crippen molar-refractivity contribution >= 4 is 15.9 Å². The summed E-state index contributed by atoms with van der Waals surface area (Å²) in [6, 6.07) is 10.1. The van der Waals surface area contributed by atoms with Gasteiger partial charge in [0.1, 0.15) is 5.75 Å². The normalized spacial score (nSPS) is 15.1. The van der Waals surface area contributed by atoms with Gasteiger partial charge < -0.3 is 10.1 Å². The molecule has 1 atom stereocenters. The average molecular weight is 403 g/mol. The van der Waals surface area contributed by atoms with Gasteiger partial charge in [-0.3, -0.25) is 4.79 Å². The number of hydrogen-bond donors (Lipinski definition) is 2. The fourth-order valence-electron chi connectivity index (χ4n) is 3.05. The van der Waals surface area contributed by atoms with Crippen molar-refractivity contribution in [2.24, 2.45) is 0 Å². The van der Waals surface area contributed by atoms with Crippen LogP contribution in [0.3, 0.4) is 0 Å². The van der Waals surface area contributed by atoms with Crippen molar-refractivity contribution < 1.29 is 17.9 Å². The number of carbonyl (C=O) groups excluding carboxylic acids is 1. The van der Waals surface area contributed by atoms with Gasteiger partial charge in [-0.15, -0.1) is 0 Å². The number of hydrogen-bond acceptors (Lipinski definition) is 4.